The summed E-state index contributed by atoms with van der Waals surface area (Å²) < 4.78 is 12.5. The largest absolute Gasteiger partial charge is 0.490 e. The van der Waals surface area contributed by atoms with Gasteiger partial charge in [-0.25, -0.2) is 0 Å². The van der Waals surface area contributed by atoms with Gasteiger partial charge in [0.1, 0.15) is 18.2 Å². The van der Waals surface area contributed by atoms with Gasteiger partial charge in [0, 0.05) is 10.2 Å². The standard InChI is InChI=1S/C27H25BrN2O3/c1-4-32-25-14-21(13-22(16-29)27(31)30-23-10-6-8-19(3)12-23)24(28)15-26(25)33-17-20-9-5-7-18(2)11-20/h5-15H,4,17H2,1-3H3,(H,30,31)/b22-13+. The molecule has 6 heteroatoms. The summed E-state index contributed by atoms with van der Waals surface area (Å²) in [5.41, 5.74) is 4.48. The van der Waals surface area contributed by atoms with Gasteiger partial charge < -0.3 is 14.8 Å². The lowest BCUT2D eigenvalue weighted by molar-refractivity contribution is -0.112. The molecular formula is C27H25BrN2O3. The summed E-state index contributed by atoms with van der Waals surface area (Å²) in [7, 11) is 0. The third kappa shape index (κ3) is 6.71. The number of nitrogens with zero attached hydrogens (tertiary/aromatic N) is 1. The molecule has 0 aliphatic heterocycles. The third-order valence-electron chi connectivity index (χ3n) is 4.78. The molecule has 0 atom stereocenters. The summed E-state index contributed by atoms with van der Waals surface area (Å²) in [4.78, 5) is 12.7. The van der Waals surface area contributed by atoms with Crippen LogP contribution in [0.25, 0.3) is 6.08 Å². The number of hydrogen-bond donors (Lipinski definition) is 1. The number of benzene rings is 3. The second kappa shape index (κ2) is 11.3. The van der Waals surface area contributed by atoms with Crippen LogP contribution in [-0.2, 0) is 11.4 Å². The van der Waals surface area contributed by atoms with E-state index in [0.717, 1.165) is 16.7 Å². The number of carbonyl (C=O) groups is 1. The second-order valence-electron chi connectivity index (χ2n) is 7.52. The van der Waals surface area contributed by atoms with E-state index in [0.29, 0.717) is 40.4 Å². The Balaban J connectivity index is 1.85. The smallest absolute Gasteiger partial charge is 0.266 e. The Bertz CT molecular complexity index is 1230. The van der Waals surface area contributed by atoms with Gasteiger partial charge in [-0.2, -0.15) is 5.26 Å². The van der Waals surface area contributed by atoms with Crippen molar-refractivity contribution in [3.8, 4) is 17.6 Å². The van der Waals surface area contributed by atoms with Crippen molar-refractivity contribution in [2.75, 3.05) is 11.9 Å². The lowest BCUT2D eigenvalue weighted by Crippen LogP contribution is -2.13. The van der Waals surface area contributed by atoms with E-state index in [1.165, 1.54) is 6.08 Å². The van der Waals surface area contributed by atoms with Crippen molar-refractivity contribution in [2.24, 2.45) is 0 Å². The fourth-order valence-electron chi connectivity index (χ4n) is 3.23. The number of nitrogens with one attached hydrogen (secondary N) is 1. The molecular weight excluding hydrogens is 480 g/mol. The molecule has 168 valence electrons. The van der Waals surface area contributed by atoms with Gasteiger partial charge in [-0.1, -0.05) is 57.9 Å². The SMILES string of the molecule is CCOc1cc(/C=C(\C#N)C(=O)Nc2cccc(C)c2)c(Br)cc1OCc1cccc(C)c1. The summed E-state index contributed by atoms with van der Waals surface area (Å²) in [6.45, 7) is 6.70. The van der Waals surface area contributed by atoms with E-state index in [4.69, 9.17) is 9.47 Å². The fourth-order valence-corrected chi connectivity index (χ4v) is 3.67. The molecule has 0 spiro atoms. The molecule has 3 aromatic rings. The van der Waals surface area contributed by atoms with Crippen LogP contribution in [0.1, 0.15) is 29.2 Å². The average Bonchev–Trinajstić information content (AvgIpc) is 2.78. The predicted octanol–water partition coefficient (Wildman–Crippen LogP) is 6.59. The van der Waals surface area contributed by atoms with E-state index < -0.39 is 5.91 Å². The Morgan fingerprint density at radius 2 is 1.73 bits per heavy atom. The highest BCUT2D eigenvalue weighted by molar-refractivity contribution is 9.10. The van der Waals surface area contributed by atoms with E-state index >= 15 is 0 Å². The summed E-state index contributed by atoms with van der Waals surface area (Å²) in [5.74, 6) is 0.633. The zero-order valence-electron chi connectivity index (χ0n) is 18.8. The highest BCUT2D eigenvalue weighted by Crippen LogP contribution is 2.35. The maximum absolute atomic E-state index is 12.7. The first-order chi connectivity index (χ1) is 15.9. The van der Waals surface area contributed by atoms with Crippen molar-refractivity contribution in [1.82, 2.24) is 0 Å². The molecule has 0 bridgehead atoms. The minimum Gasteiger partial charge on any atom is -0.490 e. The van der Waals surface area contributed by atoms with Gasteiger partial charge in [0.15, 0.2) is 11.5 Å². The van der Waals surface area contributed by atoms with Crippen molar-refractivity contribution >= 4 is 33.6 Å². The lowest BCUT2D eigenvalue weighted by Gasteiger charge is -2.14. The van der Waals surface area contributed by atoms with Crippen LogP contribution in [0.3, 0.4) is 0 Å². The zero-order chi connectivity index (χ0) is 23.8. The molecule has 33 heavy (non-hydrogen) atoms. The Morgan fingerprint density at radius 1 is 1.03 bits per heavy atom. The molecule has 0 radical (unpaired) electrons. The zero-order valence-corrected chi connectivity index (χ0v) is 20.4. The average molecular weight is 505 g/mol. The number of anilines is 1. The van der Waals surface area contributed by atoms with E-state index in [-0.39, 0.29) is 5.57 Å². The van der Waals surface area contributed by atoms with Crippen molar-refractivity contribution < 1.29 is 14.3 Å². The minimum absolute atomic E-state index is 0.0203. The van der Waals surface area contributed by atoms with Gasteiger partial charge in [0.2, 0.25) is 0 Å². The quantitative estimate of drug-likeness (QED) is 0.277. The Labute approximate surface area is 202 Å². The molecule has 0 aromatic heterocycles. The van der Waals surface area contributed by atoms with Crippen LogP contribution in [-0.4, -0.2) is 12.5 Å². The highest BCUT2D eigenvalue weighted by Gasteiger charge is 2.14. The van der Waals surface area contributed by atoms with E-state index in [1.807, 2.05) is 63.2 Å². The Hall–Kier alpha value is -3.56. The summed E-state index contributed by atoms with van der Waals surface area (Å²) in [6, 6.07) is 21.1. The van der Waals surface area contributed by atoms with Crippen LogP contribution < -0.4 is 14.8 Å². The predicted molar refractivity (Wildman–Crippen MR) is 134 cm³/mol. The van der Waals surface area contributed by atoms with Crippen LogP contribution in [0.4, 0.5) is 5.69 Å². The van der Waals surface area contributed by atoms with Crippen LogP contribution in [0.2, 0.25) is 0 Å². The molecule has 0 fully saturated rings. The van der Waals surface area contributed by atoms with Crippen molar-refractivity contribution in [2.45, 2.75) is 27.4 Å². The molecule has 1 amide bonds. The number of carbonyl (C=O) groups excluding carboxylic acids is 1. The molecule has 0 heterocycles. The fraction of sp³-hybridized carbons (Fsp3) is 0.185. The first-order valence-corrected chi connectivity index (χ1v) is 11.3. The monoisotopic (exact) mass is 504 g/mol. The highest BCUT2D eigenvalue weighted by atomic mass is 79.9. The van der Waals surface area contributed by atoms with Crippen LogP contribution in [0.5, 0.6) is 11.5 Å². The molecule has 3 aromatic carbocycles. The van der Waals surface area contributed by atoms with E-state index in [2.05, 4.69) is 27.3 Å². The van der Waals surface area contributed by atoms with Crippen molar-refractivity contribution in [1.29, 1.82) is 5.26 Å². The maximum atomic E-state index is 12.7. The number of aryl methyl sites for hydroxylation is 2. The Morgan fingerprint density at radius 3 is 2.39 bits per heavy atom. The van der Waals surface area contributed by atoms with Crippen LogP contribution >= 0.6 is 15.9 Å². The van der Waals surface area contributed by atoms with Gasteiger partial charge in [-0.05, 0) is 67.8 Å². The number of ether oxygens (including phenoxy) is 2. The molecule has 5 nitrogen and oxygen atoms in total. The van der Waals surface area contributed by atoms with E-state index in [9.17, 15) is 10.1 Å². The van der Waals surface area contributed by atoms with Crippen molar-refractivity contribution in [3.63, 3.8) is 0 Å². The number of rotatable bonds is 8. The van der Waals surface area contributed by atoms with Crippen LogP contribution in [0, 0.1) is 25.2 Å². The summed E-state index contributed by atoms with van der Waals surface area (Å²) >= 11 is 3.53. The lowest BCUT2D eigenvalue weighted by atomic mass is 10.1. The molecule has 0 saturated heterocycles. The van der Waals surface area contributed by atoms with Gasteiger partial charge in [0.05, 0.1) is 6.61 Å². The molecule has 0 unspecified atom stereocenters. The number of hydrogen-bond acceptors (Lipinski definition) is 4. The molecule has 1 N–H and O–H groups in total. The topological polar surface area (TPSA) is 71.3 Å². The molecule has 0 saturated carbocycles. The molecule has 3 rings (SSSR count). The van der Waals surface area contributed by atoms with Gasteiger partial charge in [-0.15, -0.1) is 0 Å². The Kier molecular flexibility index (Phi) is 8.28. The van der Waals surface area contributed by atoms with Gasteiger partial charge >= 0.3 is 0 Å². The maximum Gasteiger partial charge on any atom is 0.266 e. The van der Waals surface area contributed by atoms with E-state index in [1.54, 1.807) is 18.2 Å². The first kappa shape index (κ1) is 24.1. The molecule has 0 aliphatic rings. The first-order valence-electron chi connectivity index (χ1n) is 10.5. The molecule has 0 aliphatic carbocycles. The third-order valence-corrected chi connectivity index (χ3v) is 5.47. The number of nitriles is 1. The second-order valence-corrected chi connectivity index (χ2v) is 8.38. The van der Waals surface area contributed by atoms with Crippen LogP contribution in [0.15, 0.2) is 70.7 Å². The number of halogens is 1. The summed E-state index contributed by atoms with van der Waals surface area (Å²) in [6.07, 6.45) is 1.53. The number of amides is 1. The minimum atomic E-state index is -0.479. The normalized spacial score (nSPS) is 10.9. The summed E-state index contributed by atoms with van der Waals surface area (Å²) in [5, 5.41) is 12.4. The van der Waals surface area contributed by atoms with Crippen molar-refractivity contribution in [3.05, 3.63) is 93.0 Å². The van der Waals surface area contributed by atoms with Gasteiger partial charge in [0.25, 0.3) is 5.91 Å². The van der Waals surface area contributed by atoms with Gasteiger partial charge in [-0.3, -0.25) is 4.79 Å².